The number of aromatic nitrogens is 2. The summed E-state index contributed by atoms with van der Waals surface area (Å²) in [5.41, 5.74) is 4.86. The predicted molar refractivity (Wildman–Crippen MR) is 50.2 cm³/mol. The highest BCUT2D eigenvalue weighted by atomic mass is 16.6. The van der Waals surface area contributed by atoms with Crippen molar-refractivity contribution in [2.75, 3.05) is 6.61 Å². The number of carbonyl (C=O) groups is 1. The van der Waals surface area contributed by atoms with Crippen molar-refractivity contribution in [3.05, 3.63) is 18.1 Å². The second-order valence-corrected chi connectivity index (χ2v) is 3.46. The van der Waals surface area contributed by atoms with Gasteiger partial charge in [0.05, 0.1) is 0 Å². The summed E-state index contributed by atoms with van der Waals surface area (Å²) in [5, 5.41) is 8.89. The Morgan fingerprint density at radius 3 is 3.13 bits per heavy atom. The van der Waals surface area contributed by atoms with Crippen LogP contribution in [0.5, 0.6) is 5.88 Å². The minimum absolute atomic E-state index is 0.134. The third kappa shape index (κ3) is 2.21. The standard InChI is InChI=1S/C9H11N3O3/c10-9(14)15-7-1-2-11-8(12-7)6-3-5(6)4-13/h1-2,5-6,13H,3-4H2,(H2,10,14). The van der Waals surface area contributed by atoms with Crippen LogP contribution in [0.15, 0.2) is 12.3 Å². The van der Waals surface area contributed by atoms with Gasteiger partial charge < -0.3 is 15.6 Å². The fraction of sp³-hybridized carbons (Fsp3) is 0.444. The summed E-state index contributed by atoms with van der Waals surface area (Å²) < 4.78 is 4.63. The average molecular weight is 209 g/mol. The maximum absolute atomic E-state index is 10.5. The summed E-state index contributed by atoms with van der Waals surface area (Å²) in [6, 6.07) is 1.46. The molecule has 1 aromatic heterocycles. The van der Waals surface area contributed by atoms with Gasteiger partial charge >= 0.3 is 6.09 Å². The normalized spacial score (nSPS) is 23.5. The van der Waals surface area contributed by atoms with E-state index < -0.39 is 6.09 Å². The van der Waals surface area contributed by atoms with E-state index in [9.17, 15) is 4.79 Å². The first-order valence-electron chi connectivity index (χ1n) is 4.62. The number of hydrogen-bond donors (Lipinski definition) is 2. The van der Waals surface area contributed by atoms with Crippen LogP contribution in [-0.4, -0.2) is 27.8 Å². The Labute approximate surface area is 86.1 Å². The van der Waals surface area contributed by atoms with Gasteiger partial charge in [-0.2, -0.15) is 4.98 Å². The van der Waals surface area contributed by atoms with E-state index in [2.05, 4.69) is 14.7 Å². The number of hydrogen-bond acceptors (Lipinski definition) is 5. The highest BCUT2D eigenvalue weighted by Crippen LogP contribution is 2.45. The Morgan fingerprint density at radius 1 is 1.73 bits per heavy atom. The zero-order chi connectivity index (χ0) is 10.8. The molecule has 1 heterocycles. The second-order valence-electron chi connectivity index (χ2n) is 3.46. The van der Waals surface area contributed by atoms with Gasteiger partial charge in [-0.15, -0.1) is 0 Å². The molecule has 15 heavy (non-hydrogen) atoms. The van der Waals surface area contributed by atoms with E-state index >= 15 is 0 Å². The number of rotatable bonds is 3. The molecule has 2 unspecified atom stereocenters. The number of nitrogens with two attached hydrogens (primary N) is 1. The SMILES string of the molecule is NC(=O)Oc1ccnc(C2CC2CO)n1. The largest absolute Gasteiger partial charge is 0.411 e. The quantitative estimate of drug-likeness (QED) is 0.731. The molecule has 1 fully saturated rings. The molecule has 0 aliphatic heterocycles. The second kappa shape index (κ2) is 3.82. The van der Waals surface area contributed by atoms with Crippen LogP contribution in [-0.2, 0) is 0 Å². The number of nitrogens with zero attached hydrogens (tertiary/aromatic N) is 2. The molecule has 1 aromatic rings. The Bertz CT molecular complexity index is 383. The first-order chi connectivity index (χ1) is 7.20. The number of primary amides is 1. The van der Waals surface area contributed by atoms with Crippen molar-refractivity contribution in [1.29, 1.82) is 0 Å². The van der Waals surface area contributed by atoms with Gasteiger partial charge in [0.15, 0.2) is 0 Å². The van der Waals surface area contributed by atoms with E-state index in [0.717, 1.165) is 6.42 Å². The van der Waals surface area contributed by atoms with Crippen LogP contribution in [0.1, 0.15) is 18.2 Å². The highest BCUT2D eigenvalue weighted by molar-refractivity contribution is 5.67. The minimum Gasteiger partial charge on any atom is -0.396 e. The maximum atomic E-state index is 10.5. The molecule has 1 aliphatic rings. The zero-order valence-electron chi connectivity index (χ0n) is 7.96. The molecule has 6 nitrogen and oxygen atoms in total. The van der Waals surface area contributed by atoms with E-state index in [0.29, 0.717) is 5.82 Å². The van der Waals surface area contributed by atoms with Crippen LogP contribution < -0.4 is 10.5 Å². The molecule has 2 atom stereocenters. The van der Waals surface area contributed by atoms with Gasteiger partial charge in [-0.1, -0.05) is 0 Å². The maximum Gasteiger partial charge on any atom is 0.411 e. The molecule has 1 amide bonds. The molecule has 1 saturated carbocycles. The first kappa shape index (κ1) is 9.85. The van der Waals surface area contributed by atoms with E-state index in [1.807, 2.05) is 0 Å². The lowest BCUT2D eigenvalue weighted by atomic mass is 10.3. The van der Waals surface area contributed by atoms with E-state index in [1.165, 1.54) is 12.3 Å². The Hall–Kier alpha value is -1.69. The van der Waals surface area contributed by atoms with Gasteiger partial charge in [0.25, 0.3) is 0 Å². The molecule has 0 spiro atoms. The van der Waals surface area contributed by atoms with Gasteiger partial charge in [-0.05, 0) is 12.3 Å². The van der Waals surface area contributed by atoms with Crippen LogP contribution in [0.4, 0.5) is 4.79 Å². The van der Waals surface area contributed by atoms with Crippen LogP contribution >= 0.6 is 0 Å². The molecule has 0 saturated heterocycles. The number of carbonyl (C=O) groups excluding carboxylic acids is 1. The predicted octanol–water partition coefficient (Wildman–Crippen LogP) is 0.0299. The molecule has 2 rings (SSSR count). The van der Waals surface area contributed by atoms with Crippen molar-refractivity contribution in [2.45, 2.75) is 12.3 Å². The van der Waals surface area contributed by atoms with Gasteiger partial charge in [0.1, 0.15) is 5.82 Å². The molecule has 1 aliphatic carbocycles. The summed E-state index contributed by atoms with van der Waals surface area (Å²) in [4.78, 5) is 18.6. The summed E-state index contributed by atoms with van der Waals surface area (Å²) >= 11 is 0. The van der Waals surface area contributed by atoms with Crippen molar-refractivity contribution >= 4 is 6.09 Å². The topological polar surface area (TPSA) is 98.3 Å². The van der Waals surface area contributed by atoms with Crippen molar-refractivity contribution in [1.82, 2.24) is 9.97 Å². The molecular formula is C9H11N3O3. The Morgan fingerprint density at radius 2 is 2.53 bits per heavy atom. The van der Waals surface area contributed by atoms with Gasteiger partial charge in [-0.25, -0.2) is 9.78 Å². The van der Waals surface area contributed by atoms with Crippen LogP contribution in [0, 0.1) is 5.92 Å². The molecule has 80 valence electrons. The van der Waals surface area contributed by atoms with Crippen molar-refractivity contribution in [3.63, 3.8) is 0 Å². The Balaban J connectivity index is 2.10. The smallest absolute Gasteiger partial charge is 0.396 e. The van der Waals surface area contributed by atoms with Gasteiger partial charge in [-0.3, -0.25) is 0 Å². The molecule has 3 N–H and O–H groups in total. The third-order valence-electron chi connectivity index (χ3n) is 2.34. The third-order valence-corrected chi connectivity index (χ3v) is 2.34. The Kier molecular flexibility index (Phi) is 2.51. The molecule has 6 heteroatoms. The lowest BCUT2D eigenvalue weighted by Crippen LogP contribution is -2.17. The van der Waals surface area contributed by atoms with E-state index in [1.54, 1.807) is 0 Å². The number of ether oxygens (including phenoxy) is 1. The summed E-state index contributed by atoms with van der Waals surface area (Å²) in [7, 11) is 0. The minimum atomic E-state index is -0.894. The van der Waals surface area contributed by atoms with E-state index in [4.69, 9.17) is 10.8 Å². The lowest BCUT2D eigenvalue weighted by molar-refractivity contribution is 0.208. The fourth-order valence-electron chi connectivity index (χ4n) is 1.46. The van der Waals surface area contributed by atoms with Crippen molar-refractivity contribution in [2.24, 2.45) is 11.7 Å². The monoisotopic (exact) mass is 209 g/mol. The van der Waals surface area contributed by atoms with E-state index in [-0.39, 0.29) is 24.3 Å². The number of aliphatic hydroxyl groups is 1. The zero-order valence-corrected chi connectivity index (χ0v) is 7.96. The molecular weight excluding hydrogens is 198 g/mol. The van der Waals surface area contributed by atoms with Crippen LogP contribution in [0.2, 0.25) is 0 Å². The van der Waals surface area contributed by atoms with Crippen LogP contribution in [0.25, 0.3) is 0 Å². The van der Waals surface area contributed by atoms with Crippen molar-refractivity contribution in [3.8, 4) is 5.88 Å². The summed E-state index contributed by atoms with van der Waals surface area (Å²) in [6.45, 7) is 0.134. The average Bonchev–Trinajstić information content (AvgIpc) is 2.96. The summed E-state index contributed by atoms with van der Waals surface area (Å²) in [5.74, 6) is 1.14. The molecule has 0 aromatic carbocycles. The van der Waals surface area contributed by atoms with Crippen molar-refractivity contribution < 1.29 is 14.6 Å². The summed E-state index contributed by atoms with van der Waals surface area (Å²) in [6.07, 6.45) is 1.48. The number of aliphatic hydroxyl groups excluding tert-OH is 1. The van der Waals surface area contributed by atoms with Crippen LogP contribution in [0.3, 0.4) is 0 Å². The first-order valence-corrected chi connectivity index (χ1v) is 4.62. The lowest BCUT2D eigenvalue weighted by Gasteiger charge is -2.01. The van der Waals surface area contributed by atoms with Gasteiger partial charge in [0, 0.05) is 24.8 Å². The van der Waals surface area contributed by atoms with Gasteiger partial charge in [0.2, 0.25) is 5.88 Å². The molecule has 0 radical (unpaired) electrons. The number of amides is 1. The molecule has 0 bridgehead atoms. The highest BCUT2D eigenvalue weighted by Gasteiger charge is 2.40. The fourth-order valence-corrected chi connectivity index (χ4v) is 1.46.